The molecule has 0 saturated carbocycles. The van der Waals surface area contributed by atoms with Gasteiger partial charge in [-0.15, -0.1) is 11.6 Å². The van der Waals surface area contributed by atoms with Crippen molar-refractivity contribution in [1.82, 2.24) is 5.32 Å². The Morgan fingerprint density at radius 3 is 2.58 bits per heavy atom. The zero-order valence-electron chi connectivity index (χ0n) is 22.4. The number of ether oxygens (including phenoxy) is 2. The Labute approximate surface area is 208 Å². The summed E-state index contributed by atoms with van der Waals surface area (Å²) in [7, 11) is 0. The SMILES string of the molecule is CCCCN[C@@H]1Cc2ccc(OCCCl)c3c2[C@](CC)(C1C[C@@H](C)[C@@H](C)C(C)(C)C)[C@H](C)O3. The van der Waals surface area contributed by atoms with Crippen LogP contribution in [0.4, 0.5) is 0 Å². The minimum Gasteiger partial charge on any atom is -0.488 e. The summed E-state index contributed by atoms with van der Waals surface area (Å²) in [5.41, 5.74) is 3.19. The number of alkyl halides is 1. The monoisotopic (exact) mass is 477 g/mol. The molecule has 0 amide bonds. The highest BCUT2D eigenvalue weighted by Gasteiger charge is 2.57. The third-order valence-electron chi connectivity index (χ3n) is 8.98. The molecule has 0 radical (unpaired) electrons. The van der Waals surface area contributed by atoms with E-state index in [0.717, 1.165) is 30.9 Å². The third-order valence-corrected chi connectivity index (χ3v) is 9.14. The summed E-state index contributed by atoms with van der Waals surface area (Å²) in [6, 6.07) is 4.87. The second-order valence-electron chi connectivity index (χ2n) is 11.7. The van der Waals surface area contributed by atoms with Crippen molar-refractivity contribution in [2.75, 3.05) is 19.0 Å². The number of nitrogens with one attached hydrogen (secondary N) is 1. The number of hydrogen-bond donors (Lipinski definition) is 1. The minimum absolute atomic E-state index is 0.0129. The fourth-order valence-electron chi connectivity index (χ4n) is 6.61. The molecule has 0 fully saturated rings. The van der Waals surface area contributed by atoms with Gasteiger partial charge in [-0.05, 0) is 74.0 Å². The first kappa shape index (κ1) is 26.7. The summed E-state index contributed by atoms with van der Waals surface area (Å²) in [6.45, 7) is 20.6. The van der Waals surface area contributed by atoms with Crippen molar-refractivity contribution in [3.63, 3.8) is 0 Å². The van der Waals surface area contributed by atoms with Crippen LogP contribution in [-0.2, 0) is 11.8 Å². The molecular formula is C29H48ClNO2. The predicted octanol–water partition coefficient (Wildman–Crippen LogP) is 7.37. The normalized spacial score (nSPS) is 28.2. The van der Waals surface area contributed by atoms with Gasteiger partial charge in [-0.3, -0.25) is 0 Å². The van der Waals surface area contributed by atoms with E-state index in [0.29, 0.717) is 41.7 Å². The Morgan fingerprint density at radius 1 is 1.24 bits per heavy atom. The highest BCUT2D eigenvalue weighted by Crippen LogP contribution is 2.59. The summed E-state index contributed by atoms with van der Waals surface area (Å²) in [6.07, 6.45) is 5.96. The second kappa shape index (κ2) is 10.8. The highest BCUT2D eigenvalue weighted by atomic mass is 35.5. The zero-order valence-corrected chi connectivity index (χ0v) is 23.1. The van der Waals surface area contributed by atoms with Gasteiger partial charge in [-0.2, -0.15) is 0 Å². The zero-order chi connectivity index (χ0) is 24.4. The summed E-state index contributed by atoms with van der Waals surface area (Å²) in [5, 5.41) is 4.01. The maximum absolute atomic E-state index is 6.67. The Balaban J connectivity index is 2.06. The van der Waals surface area contributed by atoms with Crippen LogP contribution in [0, 0.1) is 23.2 Å². The number of hydrogen-bond acceptors (Lipinski definition) is 3. The Hall–Kier alpha value is -0.930. The summed E-state index contributed by atoms with van der Waals surface area (Å²) in [4.78, 5) is 0. The smallest absolute Gasteiger partial charge is 0.165 e. The lowest BCUT2D eigenvalue weighted by Crippen LogP contribution is -2.56. The maximum atomic E-state index is 6.67. The minimum atomic E-state index is 0.0129. The molecule has 188 valence electrons. The first-order valence-corrected chi connectivity index (χ1v) is 13.9. The van der Waals surface area contributed by atoms with Crippen molar-refractivity contribution < 1.29 is 9.47 Å². The average molecular weight is 478 g/mol. The van der Waals surface area contributed by atoms with E-state index in [1.54, 1.807) is 0 Å². The lowest BCUT2D eigenvalue weighted by atomic mass is 9.55. The lowest BCUT2D eigenvalue weighted by molar-refractivity contribution is 0.0495. The number of unbranched alkanes of at least 4 members (excludes halogenated alkanes) is 1. The molecule has 3 rings (SSSR count). The molecule has 33 heavy (non-hydrogen) atoms. The number of halogens is 1. The first-order valence-electron chi connectivity index (χ1n) is 13.4. The molecule has 1 aliphatic heterocycles. The van der Waals surface area contributed by atoms with Crippen LogP contribution < -0.4 is 14.8 Å². The van der Waals surface area contributed by atoms with Crippen LogP contribution in [-0.4, -0.2) is 31.2 Å². The van der Waals surface area contributed by atoms with Crippen LogP contribution in [0.15, 0.2) is 12.1 Å². The quantitative estimate of drug-likeness (QED) is 0.266. The molecule has 0 bridgehead atoms. The molecule has 3 nitrogen and oxygen atoms in total. The van der Waals surface area contributed by atoms with Gasteiger partial charge in [0.2, 0.25) is 0 Å². The molecule has 1 heterocycles. The molecule has 0 spiro atoms. The fourth-order valence-corrected chi connectivity index (χ4v) is 6.69. The summed E-state index contributed by atoms with van der Waals surface area (Å²) < 4.78 is 12.7. The van der Waals surface area contributed by atoms with E-state index >= 15 is 0 Å². The highest BCUT2D eigenvalue weighted by molar-refractivity contribution is 6.18. The molecule has 6 atom stereocenters. The van der Waals surface area contributed by atoms with Crippen LogP contribution >= 0.6 is 11.6 Å². The van der Waals surface area contributed by atoms with Crippen molar-refractivity contribution >= 4 is 11.6 Å². The van der Waals surface area contributed by atoms with Crippen LogP contribution in [0.2, 0.25) is 0 Å². The predicted molar refractivity (Wildman–Crippen MR) is 141 cm³/mol. The largest absolute Gasteiger partial charge is 0.488 e. The fraction of sp³-hybridized carbons (Fsp3) is 0.793. The van der Waals surface area contributed by atoms with Crippen LogP contribution in [0.5, 0.6) is 11.5 Å². The van der Waals surface area contributed by atoms with Crippen molar-refractivity contribution in [2.24, 2.45) is 23.2 Å². The Morgan fingerprint density at radius 2 is 1.97 bits per heavy atom. The second-order valence-corrected chi connectivity index (χ2v) is 12.1. The molecule has 1 aliphatic carbocycles. The molecule has 1 unspecified atom stereocenters. The molecule has 1 N–H and O–H groups in total. The van der Waals surface area contributed by atoms with E-state index in [4.69, 9.17) is 21.1 Å². The van der Waals surface area contributed by atoms with E-state index < -0.39 is 0 Å². The van der Waals surface area contributed by atoms with Gasteiger partial charge >= 0.3 is 0 Å². The summed E-state index contributed by atoms with van der Waals surface area (Å²) >= 11 is 5.94. The molecule has 4 heteroatoms. The van der Waals surface area contributed by atoms with Crippen LogP contribution in [0.1, 0.15) is 92.2 Å². The Kier molecular flexibility index (Phi) is 8.71. The molecule has 0 aromatic heterocycles. The molecule has 1 aromatic carbocycles. The summed E-state index contributed by atoms with van der Waals surface area (Å²) in [5.74, 6) is 4.16. The van der Waals surface area contributed by atoms with Crippen LogP contribution in [0.25, 0.3) is 0 Å². The van der Waals surface area contributed by atoms with Crippen molar-refractivity contribution in [1.29, 1.82) is 0 Å². The number of benzene rings is 1. The molecule has 2 aliphatic rings. The average Bonchev–Trinajstić information content (AvgIpc) is 3.08. The maximum Gasteiger partial charge on any atom is 0.165 e. The van der Waals surface area contributed by atoms with E-state index in [1.807, 2.05) is 0 Å². The van der Waals surface area contributed by atoms with Gasteiger partial charge in [0.1, 0.15) is 12.7 Å². The van der Waals surface area contributed by atoms with Crippen molar-refractivity contribution in [3.05, 3.63) is 23.3 Å². The van der Waals surface area contributed by atoms with Crippen LogP contribution in [0.3, 0.4) is 0 Å². The topological polar surface area (TPSA) is 30.5 Å². The van der Waals surface area contributed by atoms with Gasteiger partial charge in [0.05, 0.1) is 5.88 Å². The van der Waals surface area contributed by atoms with Crippen molar-refractivity contribution in [2.45, 2.75) is 105 Å². The van der Waals surface area contributed by atoms with Gasteiger partial charge in [0, 0.05) is 17.0 Å². The van der Waals surface area contributed by atoms with Gasteiger partial charge < -0.3 is 14.8 Å². The van der Waals surface area contributed by atoms with E-state index in [-0.39, 0.29) is 11.5 Å². The lowest BCUT2D eigenvalue weighted by Gasteiger charge is -2.50. The molecule has 0 saturated heterocycles. The molecule has 1 aromatic rings. The number of rotatable bonds is 11. The van der Waals surface area contributed by atoms with E-state index in [2.05, 4.69) is 72.8 Å². The van der Waals surface area contributed by atoms with Crippen molar-refractivity contribution in [3.8, 4) is 11.5 Å². The molecular weight excluding hydrogens is 430 g/mol. The van der Waals surface area contributed by atoms with Gasteiger partial charge in [-0.1, -0.05) is 61.0 Å². The third kappa shape index (κ3) is 5.06. The van der Waals surface area contributed by atoms with E-state index in [1.165, 1.54) is 30.4 Å². The van der Waals surface area contributed by atoms with Gasteiger partial charge in [0.15, 0.2) is 11.5 Å². The van der Waals surface area contributed by atoms with E-state index in [9.17, 15) is 0 Å². The standard InChI is InChI=1S/C29H48ClNO2/c1-9-11-15-31-24-18-22-12-13-25(32-16-14-30)27-26(22)29(10-2,21(5)33-27)23(24)17-19(3)20(4)28(6,7)8/h12-13,19-21,23-24,31H,9-11,14-18H2,1-8H3/t19-,20-,21+,23?,24-,29+/m1/s1. The Bertz CT molecular complexity index is 789. The van der Waals surface area contributed by atoms with Gasteiger partial charge in [-0.25, -0.2) is 0 Å². The van der Waals surface area contributed by atoms with Gasteiger partial charge in [0.25, 0.3) is 0 Å². The first-order chi connectivity index (χ1) is 15.6.